The Bertz CT molecular complexity index is 308. The van der Waals surface area contributed by atoms with Crippen molar-refractivity contribution in [3.8, 4) is 0 Å². The van der Waals surface area contributed by atoms with Crippen molar-refractivity contribution < 1.29 is 0 Å². The first-order valence-electron chi connectivity index (χ1n) is 5.27. The Morgan fingerprint density at radius 2 is 2.50 bits per heavy atom. The average Bonchev–Trinajstić information content (AvgIpc) is 2.56. The van der Waals surface area contributed by atoms with Crippen LogP contribution >= 0.6 is 11.3 Å². The lowest BCUT2D eigenvalue weighted by molar-refractivity contribution is 0.576. The van der Waals surface area contributed by atoms with Crippen molar-refractivity contribution in [2.45, 2.75) is 38.6 Å². The Kier molecular flexibility index (Phi) is 3.03. The van der Waals surface area contributed by atoms with Crippen LogP contribution in [0.3, 0.4) is 0 Å². The lowest BCUT2D eigenvalue weighted by Gasteiger charge is -2.15. The van der Waals surface area contributed by atoms with E-state index >= 15 is 0 Å². The van der Waals surface area contributed by atoms with Crippen molar-refractivity contribution in [2.75, 3.05) is 11.9 Å². The Labute approximate surface area is 88.7 Å². The van der Waals surface area contributed by atoms with E-state index in [1.165, 1.54) is 10.6 Å². The van der Waals surface area contributed by atoms with E-state index < -0.39 is 0 Å². The highest BCUT2D eigenvalue weighted by Gasteiger charge is 2.19. The third-order valence-corrected chi connectivity index (χ3v) is 3.58. The number of rotatable bonds is 3. The second kappa shape index (κ2) is 4.28. The van der Waals surface area contributed by atoms with Crippen LogP contribution < -0.4 is 11.1 Å². The Hall–Kier alpha value is -0.610. The highest BCUT2D eigenvalue weighted by atomic mass is 32.1. The summed E-state index contributed by atoms with van der Waals surface area (Å²) >= 11 is 1.78. The highest BCUT2D eigenvalue weighted by molar-refractivity contribution is 7.15. The second-order valence-corrected chi connectivity index (χ2v) is 4.90. The van der Waals surface area contributed by atoms with Gasteiger partial charge in [-0.15, -0.1) is 11.3 Å². The van der Waals surface area contributed by atoms with Crippen molar-refractivity contribution in [1.82, 2.24) is 4.98 Å². The van der Waals surface area contributed by atoms with Gasteiger partial charge in [0.25, 0.3) is 0 Å². The molecular weight excluding hydrogens is 194 g/mol. The molecule has 0 saturated carbocycles. The number of nitrogens with two attached hydrogens (primary N) is 1. The zero-order valence-corrected chi connectivity index (χ0v) is 9.36. The molecule has 1 aromatic rings. The maximum absolute atomic E-state index is 5.92. The van der Waals surface area contributed by atoms with E-state index in [2.05, 4.69) is 17.2 Å². The van der Waals surface area contributed by atoms with Crippen LogP contribution in [0.15, 0.2) is 0 Å². The topological polar surface area (TPSA) is 50.9 Å². The summed E-state index contributed by atoms with van der Waals surface area (Å²) in [5.41, 5.74) is 7.19. The van der Waals surface area contributed by atoms with Gasteiger partial charge in [-0.3, -0.25) is 0 Å². The molecule has 0 saturated heterocycles. The number of hydrogen-bond acceptors (Lipinski definition) is 4. The van der Waals surface area contributed by atoms with E-state index in [0.29, 0.717) is 6.04 Å². The van der Waals surface area contributed by atoms with Gasteiger partial charge in [0.15, 0.2) is 5.13 Å². The molecule has 0 radical (unpaired) electrons. The Morgan fingerprint density at radius 1 is 1.64 bits per heavy atom. The van der Waals surface area contributed by atoms with Gasteiger partial charge in [0.05, 0.1) is 5.69 Å². The Balaban J connectivity index is 2.07. The number of aromatic nitrogens is 1. The largest absolute Gasteiger partial charge is 0.362 e. The number of nitrogens with one attached hydrogen (secondary N) is 1. The Morgan fingerprint density at radius 3 is 3.29 bits per heavy atom. The average molecular weight is 211 g/mol. The van der Waals surface area contributed by atoms with Crippen LogP contribution in [-0.4, -0.2) is 17.6 Å². The zero-order valence-electron chi connectivity index (χ0n) is 8.55. The first kappa shape index (κ1) is 9.93. The highest BCUT2D eigenvalue weighted by Crippen LogP contribution is 2.29. The quantitative estimate of drug-likeness (QED) is 0.801. The molecular formula is C10H17N3S. The monoisotopic (exact) mass is 211 g/mol. The van der Waals surface area contributed by atoms with Crippen molar-refractivity contribution in [2.24, 2.45) is 5.73 Å². The summed E-state index contributed by atoms with van der Waals surface area (Å²) in [6.07, 6.45) is 4.30. The molecule has 14 heavy (non-hydrogen) atoms. The fraction of sp³-hybridized carbons (Fsp3) is 0.700. The standard InChI is InChI=1S/C10H17N3S/c1-2-5-12-10-13-8-4-3-7(11)6-9(8)14-10/h7H,2-6,11H2,1H3,(H,12,13). The van der Waals surface area contributed by atoms with Gasteiger partial charge >= 0.3 is 0 Å². The molecule has 3 N–H and O–H groups in total. The van der Waals surface area contributed by atoms with E-state index in [9.17, 15) is 0 Å². The van der Waals surface area contributed by atoms with Gasteiger partial charge in [0.2, 0.25) is 0 Å². The molecule has 1 aliphatic rings. The lowest BCUT2D eigenvalue weighted by Crippen LogP contribution is -2.26. The second-order valence-electron chi connectivity index (χ2n) is 3.82. The summed E-state index contributed by atoms with van der Waals surface area (Å²) in [5, 5.41) is 4.41. The molecule has 1 atom stereocenters. The van der Waals surface area contributed by atoms with Gasteiger partial charge in [-0.25, -0.2) is 4.98 Å². The van der Waals surface area contributed by atoms with Crippen molar-refractivity contribution in [1.29, 1.82) is 0 Å². The van der Waals surface area contributed by atoms with Crippen LogP contribution in [0.1, 0.15) is 30.3 Å². The number of hydrogen-bond donors (Lipinski definition) is 2. The van der Waals surface area contributed by atoms with E-state index in [1.807, 2.05) is 0 Å². The van der Waals surface area contributed by atoms with E-state index in [1.54, 1.807) is 11.3 Å². The number of thiazole rings is 1. The number of fused-ring (bicyclic) bond motifs is 1. The minimum atomic E-state index is 0.349. The molecule has 4 heteroatoms. The summed E-state index contributed by atoms with van der Waals surface area (Å²) in [5.74, 6) is 0. The molecule has 0 spiro atoms. The normalized spacial score (nSPS) is 20.6. The zero-order chi connectivity index (χ0) is 9.97. The van der Waals surface area contributed by atoms with Gasteiger partial charge in [0, 0.05) is 17.5 Å². The molecule has 1 unspecified atom stereocenters. The van der Waals surface area contributed by atoms with Gasteiger partial charge in [-0.05, 0) is 25.7 Å². The fourth-order valence-electron chi connectivity index (χ4n) is 1.71. The molecule has 3 nitrogen and oxygen atoms in total. The number of anilines is 1. The minimum absolute atomic E-state index is 0.349. The van der Waals surface area contributed by atoms with Crippen molar-refractivity contribution >= 4 is 16.5 Å². The van der Waals surface area contributed by atoms with Crippen LogP contribution in [0.5, 0.6) is 0 Å². The maximum Gasteiger partial charge on any atom is 0.183 e. The first-order chi connectivity index (χ1) is 6.79. The SMILES string of the molecule is CCCNc1nc2c(s1)CC(N)CC2. The van der Waals surface area contributed by atoms with Gasteiger partial charge < -0.3 is 11.1 Å². The summed E-state index contributed by atoms with van der Waals surface area (Å²) in [4.78, 5) is 5.97. The summed E-state index contributed by atoms with van der Waals surface area (Å²) in [6, 6.07) is 0.349. The molecule has 0 aromatic carbocycles. The molecule has 2 rings (SSSR count). The molecule has 1 aromatic heterocycles. The molecule has 1 heterocycles. The van der Waals surface area contributed by atoms with Crippen LogP contribution in [0.4, 0.5) is 5.13 Å². The van der Waals surface area contributed by atoms with Crippen molar-refractivity contribution in [3.05, 3.63) is 10.6 Å². The van der Waals surface area contributed by atoms with Crippen LogP contribution in [-0.2, 0) is 12.8 Å². The third kappa shape index (κ3) is 2.07. The van der Waals surface area contributed by atoms with Gasteiger partial charge in [-0.1, -0.05) is 6.92 Å². The summed E-state index contributed by atoms with van der Waals surface area (Å²) in [7, 11) is 0. The number of nitrogens with zero attached hydrogens (tertiary/aromatic N) is 1. The van der Waals surface area contributed by atoms with E-state index in [0.717, 1.165) is 37.4 Å². The molecule has 0 bridgehead atoms. The van der Waals surface area contributed by atoms with Gasteiger partial charge in [0.1, 0.15) is 0 Å². The van der Waals surface area contributed by atoms with Gasteiger partial charge in [-0.2, -0.15) is 0 Å². The first-order valence-corrected chi connectivity index (χ1v) is 6.09. The minimum Gasteiger partial charge on any atom is -0.362 e. The summed E-state index contributed by atoms with van der Waals surface area (Å²) < 4.78 is 0. The molecule has 0 fully saturated rings. The molecule has 78 valence electrons. The summed E-state index contributed by atoms with van der Waals surface area (Å²) in [6.45, 7) is 3.18. The maximum atomic E-state index is 5.92. The van der Waals surface area contributed by atoms with Crippen molar-refractivity contribution in [3.63, 3.8) is 0 Å². The fourth-order valence-corrected chi connectivity index (χ4v) is 2.83. The van der Waals surface area contributed by atoms with Crippen LogP contribution in [0.2, 0.25) is 0 Å². The lowest BCUT2D eigenvalue weighted by atomic mass is 9.99. The predicted octanol–water partition coefficient (Wildman–Crippen LogP) is 1.78. The molecule has 0 aliphatic heterocycles. The number of aryl methyl sites for hydroxylation is 1. The van der Waals surface area contributed by atoms with Crippen LogP contribution in [0.25, 0.3) is 0 Å². The van der Waals surface area contributed by atoms with E-state index in [4.69, 9.17) is 5.73 Å². The third-order valence-electron chi connectivity index (χ3n) is 2.50. The smallest absolute Gasteiger partial charge is 0.183 e. The van der Waals surface area contributed by atoms with Crippen LogP contribution in [0, 0.1) is 0 Å². The molecule has 0 amide bonds. The predicted molar refractivity (Wildman–Crippen MR) is 60.9 cm³/mol. The van der Waals surface area contributed by atoms with E-state index in [-0.39, 0.29) is 0 Å². The molecule has 1 aliphatic carbocycles.